The molecule has 0 atom stereocenters. The van der Waals surface area contributed by atoms with Crippen LogP contribution in [-0.4, -0.2) is 16.1 Å². The van der Waals surface area contributed by atoms with E-state index in [0.29, 0.717) is 5.69 Å². The van der Waals surface area contributed by atoms with E-state index in [1.807, 2.05) is 24.3 Å². The van der Waals surface area contributed by atoms with E-state index >= 15 is 0 Å². The van der Waals surface area contributed by atoms with E-state index in [9.17, 15) is 4.79 Å². The van der Waals surface area contributed by atoms with Gasteiger partial charge in [0.2, 0.25) is 0 Å². The molecule has 1 N–H and O–H groups in total. The molecule has 26 heavy (non-hydrogen) atoms. The van der Waals surface area contributed by atoms with Crippen LogP contribution in [0.2, 0.25) is 0 Å². The SMILES string of the molecule is Cc1ccc(-c2ccccc2/C=C/C#Cc2ccc(C(=O)O)cn2)cc1. The number of hydrogen-bond acceptors (Lipinski definition) is 2. The van der Waals surface area contributed by atoms with E-state index in [1.54, 1.807) is 12.1 Å². The van der Waals surface area contributed by atoms with E-state index in [2.05, 4.69) is 54.1 Å². The first-order valence-corrected chi connectivity index (χ1v) is 8.17. The zero-order valence-corrected chi connectivity index (χ0v) is 14.3. The summed E-state index contributed by atoms with van der Waals surface area (Å²) >= 11 is 0. The Balaban J connectivity index is 1.80. The van der Waals surface area contributed by atoms with Gasteiger partial charge in [-0.25, -0.2) is 9.78 Å². The predicted molar refractivity (Wildman–Crippen MR) is 104 cm³/mol. The molecule has 1 aromatic heterocycles. The molecule has 3 aromatic rings. The number of allylic oxidation sites excluding steroid dienone is 1. The first-order chi connectivity index (χ1) is 12.6. The summed E-state index contributed by atoms with van der Waals surface area (Å²) in [6.45, 7) is 2.07. The third-order valence-corrected chi connectivity index (χ3v) is 3.88. The van der Waals surface area contributed by atoms with E-state index in [1.165, 1.54) is 17.8 Å². The molecule has 0 saturated heterocycles. The highest BCUT2D eigenvalue weighted by atomic mass is 16.4. The van der Waals surface area contributed by atoms with Gasteiger partial charge in [-0.2, -0.15) is 0 Å². The van der Waals surface area contributed by atoms with Crippen LogP contribution in [0.15, 0.2) is 72.9 Å². The Hall–Kier alpha value is -3.64. The normalized spacial score (nSPS) is 10.3. The Morgan fingerprint density at radius 2 is 1.81 bits per heavy atom. The predicted octanol–water partition coefficient (Wildman–Crippen LogP) is 4.82. The molecule has 2 aromatic carbocycles. The van der Waals surface area contributed by atoms with E-state index in [0.717, 1.165) is 16.7 Å². The van der Waals surface area contributed by atoms with Crippen LogP contribution in [0.3, 0.4) is 0 Å². The maximum atomic E-state index is 10.8. The second-order valence-electron chi connectivity index (χ2n) is 5.79. The molecule has 0 fully saturated rings. The minimum absolute atomic E-state index is 0.151. The minimum atomic E-state index is -0.996. The van der Waals surface area contributed by atoms with Gasteiger partial charge in [-0.3, -0.25) is 0 Å². The average molecular weight is 339 g/mol. The van der Waals surface area contributed by atoms with Crippen molar-refractivity contribution in [3.63, 3.8) is 0 Å². The Bertz CT molecular complexity index is 1000. The Labute approximate surface area is 152 Å². The fourth-order valence-corrected chi connectivity index (χ4v) is 2.48. The molecule has 0 aliphatic heterocycles. The molecule has 0 aliphatic carbocycles. The van der Waals surface area contributed by atoms with Gasteiger partial charge in [0.25, 0.3) is 0 Å². The summed E-state index contributed by atoms with van der Waals surface area (Å²) in [5.41, 5.74) is 5.31. The molecule has 0 spiro atoms. The standard InChI is InChI=1S/C23H17NO2/c1-17-10-12-19(13-11-17)22-9-5-3-7-18(22)6-2-4-8-21-15-14-20(16-24-21)23(25)26/h2-3,5-7,9-16H,1H3,(H,25,26)/b6-2+. The van der Waals surface area contributed by atoms with Crippen LogP contribution in [0.4, 0.5) is 0 Å². The number of rotatable bonds is 3. The van der Waals surface area contributed by atoms with Crippen LogP contribution >= 0.6 is 0 Å². The molecule has 0 radical (unpaired) electrons. The number of pyridine rings is 1. The number of aryl methyl sites for hydroxylation is 1. The molecule has 0 unspecified atom stereocenters. The van der Waals surface area contributed by atoms with Crippen LogP contribution in [0.25, 0.3) is 17.2 Å². The van der Waals surface area contributed by atoms with Crippen LogP contribution in [0.5, 0.6) is 0 Å². The summed E-state index contributed by atoms with van der Waals surface area (Å²) in [7, 11) is 0. The van der Waals surface area contributed by atoms with Crippen molar-refractivity contribution in [2.24, 2.45) is 0 Å². The minimum Gasteiger partial charge on any atom is -0.478 e. The first kappa shape index (κ1) is 17.2. The third kappa shape index (κ3) is 4.25. The molecule has 3 nitrogen and oxygen atoms in total. The van der Waals surface area contributed by atoms with Gasteiger partial charge in [0.05, 0.1) is 5.56 Å². The lowest BCUT2D eigenvalue weighted by molar-refractivity contribution is 0.0696. The number of carbonyl (C=O) groups is 1. The molecule has 126 valence electrons. The number of benzene rings is 2. The fraction of sp³-hybridized carbons (Fsp3) is 0.0435. The summed E-state index contributed by atoms with van der Waals surface area (Å²) < 4.78 is 0. The number of carboxylic acids is 1. The summed E-state index contributed by atoms with van der Waals surface area (Å²) in [4.78, 5) is 14.8. The summed E-state index contributed by atoms with van der Waals surface area (Å²) in [5.74, 6) is 4.86. The zero-order valence-electron chi connectivity index (χ0n) is 14.3. The number of hydrogen-bond donors (Lipinski definition) is 1. The molecule has 0 aliphatic rings. The first-order valence-electron chi connectivity index (χ1n) is 8.17. The molecule has 0 amide bonds. The Morgan fingerprint density at radius 3 is 2.50 bits per heavy atom. The van der Waals surface area contributed by atoms with Gasteiger partial charge in [-0.15, -0.1) is 0 Å². The van der Waals surface area contributed by atoms with Crippen LogP contribution in [-0.2, 0) is 0 Å². The molecule has 0 saturated carbocycles. The largest absolute Gasteiger partial charge is 0.478 e. The van der Waals surface area contributed by atoms with Crippen molar-refractivity contribution in [1.29, 1.82) is 0 Å². The molecule has 1 heterocycles. The van der Waals surface area contributed by atoms with Crippen molar-refractivity contribution in [2.75, 3.05) is 0 Å². The van der Waals surface area contributed by atoms with Gasteiger partial charge in [0, 0.05) is 6.20 Å². The van der Waals surface area contributed by atoms with Gasteiger partial charge < -0.3 is 5.11 Å². The fourth-order valence-electron chi connectivity index (χ4n) is 2.48. The van der Waals surface area contributed by atoms with Crippen molar-refractivity contribution < 1.29 is 9.90 Å². The van der Waals surface area contributed by atoms with Gasteiger partial charge >= 0.3 is 5.97 Å². The highest BCUT2D eigenvalue weighted by Crippen LogP contribution is 2.24. The monoisotopic (exact) mass is 339 g/mol. The smallest absolute Gasteiger partial charge is 0.337 e. The number of aromatic carboxylic acids is 1. The lowest BCUT2D eigenvalue weighted by Gasteiger charge is -2.06. The van der Waals surface area contributed by atoms with Crippen molar-refractivity contribution in [3.05, 3.63) is 95.3 Å². The Morgan fingerprint density at radius 1 is 1.04 bits per heavy atom. The average Bonchev–Trinajstić information content (AvgIpc) is 2.67. The van der Waals surface area contributed by atoms with Gasteiger partial charge in [-0.1, -0.05) is 60.0 Å². The van der Waals surface area contributed by atoms with Gasteiger partial charge in [-0.05, 0) is 53.8 Å². The highest BCUT2D eigenvalue weighted by molar-refractivity contribution is 5.87. The highest BCUT2D eigenvalue weighted by Gasteiger charge is 2.02. The lowest BCUT2D eigenvalue weighted by Crippen LogP contribution is -1.97. The van der Waals surface area contributed by atoms with E-state index in [-0.39, 0.29) is 5.56 Å². The third-order valence-electron chi connectivity index (χ3n) is 3.88. The van der Waals surface area contributed by atoms with Crippen molar-refractivity contribution in [3.8, 4) is 23.0 Å². The van der Waals surface area contributed by atoms with Crippen molar-refractivity contribution in [2.45, 2.75) is 6.92 Å². The van der Waals surface area contributed by atoms with Gasteiger partial charge in [0.1, 0.15) is 5.69 Å². The molecular weight excluding hydrogens is 322 g/mol. The molecule has 3 rings (SSSR count). The van der Waals surface area contributed by atoms with E-state index < -0.39 is 5.97 Å². The number of aromatic nitrogens is 1. The molecule has 3 heteroatoms. The summed E-state index contributed by atoms with van der Waals surface area (Å²) in [5, 5.41) is 8.86. The van der Waals surface area contributed by atoms with Crippen LogP contribution in [0.1, 0.15) is 27.2 Å². The zero-order chi connectivity index (χ0) is 18.4. The molecular formula is C23H17NO2. The quantitative estimate of drug-likeness (QED) is 0.696. The van der Waals surface area contributed by atoms with Crippen molar-refractivity contribution in [1.82, 2.24) is 4.98 Å². The topological polar surface area (TPSA) is 50.2 Å². The lowest BCUT2D eigenvalue weighted by atomic mass is 9.98. The van der Waals surface area contributed by atoms with Crippen LogP contribution in [0, 0.1) is 18.8 Å². The summed E-state index contributed by atoms with van der Waals surface area (Å²) in [6, 6.07) is 19.7. The van der Waals surface area contributed by atoms with Gasteiger partial charge in [0.15, 0.2) is 0 Å². The second-order valence-corrected chi connectivity index (χ2v) is 5.79. The summed E-state index contributed by atoms with van der Waals surface area (Å²) in [6.07, 6.45) is 5.05. The maximum Gasteiger partial charge on any atom is 0.337 e. The number of carboxylic acid groups (broad SMARTS) is 1. The molecule has 0 bridgehead atoms. The Kier molecular flexibility index (Phi) is 5.26. The van der Waals surface area contributed by atoms with Crippen molar-refractivity contribution >= 4 is 12.0 Å². The second kappa shape index (κ2) is 7.96. The van der Waals surface area contributed by atoms with E-state index in [4.69, 9.17) is 5.11 Å². The maximum absolute atomic E-state index is 10.8. The number of nitrogens with zero attached hydrogens (tertiary/aromatic N) is 1. The van der Waals surface area contributed by atoms with Crippen LogP contribution < -0.4 is 0 Å².